The summed E-state index contributed by atoms with van der Waals surface area (Å²) in [4.78, 5) is 1.02. The van der Waals surface area contributed by atoms with E-state index in [1.165, 1.54) is 62.6 Å². The van der Waals surface area contributed by atoms with Gasteiger partial charge in [-0.2, -0.15) is 0 Å². The van der Waals surface area contributed by atoms with Gasteiger partial charge in [-0.3, -0.25) is 0 Å². The molecule has 0 aliphatic rings. The van der Waals surface area contributed by atoms with Crippen molar-refractivity contribution < 1.29 is 4.21 Å². The maximum absolute atomic E-state index is 13.5. The van der Waals surface area contributed by atoms with Crippen molar-refractivity contribution in [1.29, 1.82) is 0 Å². The summed E-state index contributed by atoms with van der Waals surface area (Å²) in [6.45, 7) is 6.90. The Balaban J connectivity index is 2.29. The molecule has 0 aromatic heterocycles. The van der Waals surface area contributed by atoms with Crippen molar-refractivity contribution in [3.05, 3.63) is 40.9 Å². The molecule has 1 atom stereocenters. The maximum atomic E-state index is 13.5. The standard InChI is InChI=1S/C11H8BrOS.3C4H9.Sn/c1-14(13)9-6-8-4-2-3-5-10(8)11(12)7-9;3*1-3-4-2;/h2-7H,1H2;3*1,3-4H2,2H3;. The number of rotatable bonds is 12. The molecule has 0 amide bonds. The summed E-state index contributed by atoms with van der Waals surface area (Å²) >= 11 is 1.31. The summed E-state index contributed by atoms with van der Waals surface area (Å²) in [5, 5.41) is 2.39. The SMILES string of the molecule is CCC[CH2][Sn]([CH2]CCC)([CH2]CCC)[CH2]S(=O)c1cc(Br)c2ccccc2c1. The van der Waals surface area contributed by atoms with E-state index in [2.05, 4.69) is 73.1 Å². The summed E-state index contributed by atoms with van der Waals surface area (Å²) in [5.41, 5.74) is 0. The van der Waals surface area contributed by atoms with E-state index in [4.69, 9.17) is 0 Å². The topological polar surface area (TPSA) is 17.1 Å². The van der Waals surface area contributed by atoms with Crippen LogP contribution in [0.5, 0.6) is 0 Å². The first-order valence-corrected chi connectivity index (χ1v) is 20.8. The van der Waals surface area contributed by atoms with Crippen LogP contribution in [0.3, 0.4) is 0 Å². The van der Waals surface area contributed by atoms with Crippen LogP contribution < -0.4 is 0 Å². The number of unbranched alkanes of at least 4 members (excludes halogenated alkanes) is 3. The molecule has 2 rings (SSSR count). The van der Waals surface area contributed by atoms with E-state index in [9.17, 15) is 4.21 Å². The van der Waals surface area contributed by atoms with Crippen LogP contribution in [-0.2, 0) is 10.8 Å². The van der Waals surface area contributed by atoms with E-state index in [0.29, 0.717) is 0 Å². The van der Waals surface area contributed by atoms with Gasteiger partial charge in [0.15, 0.2) is 0 Å². The average molecular weight is 558 g/mol. The molecule has 2 aromatic carbocycles. The Kier molecular flexibility index (Phi) is 10.4. The average Bonchev–Trinajstić information content (AvgIpc) is 2.69. The van der Waals surface area contributed by atoms with Gasteiger partial charge in [0.25, 0.3) is 0 Å². The fraction of sp³-hybridized carbons (Fsp3) is 0.565. The van der Waals surface area contributed by atoms with Crippen LogP contribution in [-0.4, -0.2) is 26.4 Å². The zero-order valence-electron chi connectivity index (χ0n) is 17.2. The molecular weight excluding hydrogens is 523 g/mol. The number of hydrogen-bond donors (Lipinski definition) is 0. The second kappa shape index (κ2) is 12.0. The summed E-state index contributed by atoms with van der Waals surface area (Å²) in [5.74, 6) is 0. The van der Waals surface area contributed by atoms with E-state index in [1.807, 2.05) is 0 Å². The molecule has 0 bridgehead atoms. The Labute approximate surface area is 181 Å². The number of benzene rings is 2. The van der Waals surface area contributed by atoms with Crippen molar-refractivity contribution in [2.24, 2.45) is 0 Å². The van der Waals surface area contributed by atoms with Crippen LogP contribution in [0.4, 0.5) is 0 Å². The molecule has 0 radical (unpaired) electrons. The van der Waals surface area contributed by atoms with Crippen LogP contribution in [0.2, 0.25) is 13.3 Å². The first-order valence-electron chi connectivity index (χ1n) is 10.6. The van der Waals surface area contributed by atoms with Crippen molar-refractivity contribution in [1.82, 2.24) is 0 Å². The normalized spacial score (nSPS) is 13.2. The third-order valence-electron chi connectivity index (χ3n) is 5.67. The van der Waals surface area contributed by atoms with E-state index in [0.717, 1.165) is 13.1 Å². The molecule has 0 spiro atoms. The first-order chi connectivity index (χ1) is 13.0. The van der Waals surface area contributed by atoms with E-state index >= 15 is 0 Å². The van der Waals surface area contributed by atoms with Crippen LogP contribution in [0.25, 0.3) is 10.8 Å². The van der Waals surface area contributed by atoms with Crippen molar-refractivity contribution in [2.75, 3.05) is 3.77 Å². The van der Waals surface area contributed by atoms with Gasteiger partial charge in [-0.1, -0.05) is 0 Å². The second-order valence-electron chi connectivity index (χ2n) is 7.93. The first kappa shape index (κ1) is 23.4. The molecule has 0 aliphatic carbocycles. The monoisotopic (exact) mass is 558 g/mol. The number of fused-ring (bicyclic) bond motifs is 1. The predicted molar refractivity (Wildman–Crippen MR) is 128 cm³/mol. The number of halogens is 1. The summed E-state index contributed by atoms with van der Waals surface area (Å²) in [6.07, 6.45) is 7.81. The molecule has 0 saturated heterocycles. The predicted octanol–water partition coefficient (Wildman–Crippen LogP) is 8.10. The molecule has 1 nitrogen and oxygen atoms in total. The Morgan fingerprint density at radius 2 is 1.44 bits per heavy atom. The van der Waals surface area contributed by atoms with Gasteiger partial charge in [-0.05, 0) is 0 Å². The molecule has 0 fully saturated rings. The van der Waals surface area contributed by atoms with Gasteiger partial charge < -0.3 is 0 Å². The summed E-state index contributed by atoms with van der Waals surface area (Å²) in [7, 11) is -0.866. The Bertz CT molecular complexity index is 724. The van der Waals surface area contributed by atoms with Crippen molar-refractivity contribution in [2.45, 2.75) is 77.5 Å². The molecule has 0 N–H and O–H groups in total. The quantitative estimate of drug-likeness (QED) is 0.241. The fourth-order valence-corrected chi connectivity index (χ4v) is 27.9. The molecule has 150 valence electrons. The van der Waals surface area contributed by atoms with Gasteiger partial charge in [0, 0.05) is 0 Å². The molecule has 0 aliphatic heterocycles. The van der Waals surface area contributed by atoms with Gasteiger partial charge >= 0.3 is 182 Å². The summed E-state index contributed by atoms with van der Waals surface area (Å²) in [6, 6.07) is 12.6. The van der Waals surface area contributed by atoms with Crippen molar-refractivity contribution in [3.8, 4) is 0 Å². The molecule has 1 unspecified atom stereocenters. The van der Waals surface area contributed by atoms with Crippen LogP contribution in [0.1, 0.15) is 59.3 Å². The Hall–Kier alpha value is 0.129. The number of hydrogen-bond acceptors (Lipinski definition) is 1. The minimum atomic E-state index is -2.39. The molecule has 2 aromatic rings. The molecule has 0 saturated carbocycles. The van der Waals surface area contributed by atoms with E-state index < -0.39 is 29.2 Å². The van der Waals surface area contributed by atoms with Crippen LogP contribution >= 0.6 is 15.9 Å². The van der Waals surface area contributed by atoms with Gasteiger partial charge in [0.05, 0.1) is 0 Å². The van der Waals surface area contributed by atoms with Crippen LogP contribution in [0, 0.1) is 0 Å². The third kappa shape index (κ3) is 6.85. The zero-order valence-corrected chi connectivity index (χ0v) is 22.5. The molecule has 27 heavy (non-hydrogen) atoms. The van der Waals surface area contributed by atoms with Gasteiger partial charge in [-0.15, -0.1) is 0 Å². The van der Waals surface area contributed by atoms with Gasteiger partial charge in [-0.25, -0.2) is 0 Å². The van der Waals surface area contributed by atoms with Crippen molar-refractivity contribution >= 4 is 55.9 Å². The molecule has 0 heterocycles. The Morgan fingerprint density at radius 3 is 2.00 bits per heavy atom. The minimum absolute atomic E-state index is 0.866. The molecule has 4 heteroatoms. The molecular formula is C23H35BrOSSn. The second-order valence-corrected chi connectivity index (χ2v) is 25.5. The summed E-state index contributed by atoms with van der Waals surface area (Å²) < 4.78 is 19.8. The van der Waals surface area contributed by atoms with Gasteiger partial charge in [0.2, 0.25) is 0 Å². The third-order valence-corrected chi connectivity index (χ3v) is 27.6. The van der Waals surface area contributed by atoms with E-state index in [1.54, 1.807) is 0 Å². The van der Waals surface area contributed by atoms with Crippen LogP contribution in [0.15, 0.2) is 45.8 Å². The van der Waals surface area contributed by atoms with Crippen molar-refractivity contribution in [3.63, 3.8) is 0 Å². The van der Waals surface area contributed by atoms with Gasteiger partial charge in [0.1, 0.15) is 0 Å². The Morgan fingerprint density at radius 1 is 0.889 bits per heavy atom. The zero-order chi connectivity index (χ0) is 19.7. The van der Waals surface area contributed by atoms with E-state index in [-0.39, 0.29) is 0 Å². The fourth-order valence-electron chi connectivity index (χ4n) is 3.98.